The van der Waals surface area contributed by atoms with E-state index in [9.17, 15) is 10.1 Å². The van der Waals surface area contributed by atoms with Crippen LogP contribution < -0.4 is 4.74 Å². The zero-order valence-electron chi connectivity index (χ0n) is 14.4. The van der Waals surface area contributed by atoms with E-state index in [1.807, 2.05) is 47.8 Å². The van der Waals surface area contributed by atoms with Crippen LogP contribution in [0, 0.1) is 11.3 Å². The lowest BCUT2D eigenvalue weighted by Gasteiger charge is -2.12. The predicted molar refractivity (Wildman–Crippen MR) is 106 cm³/mol. The van der Waals surface area contributed by atoms with Crippen molar-refractivity contribution in [3.05, 3.63) is 53.4 Å². The lowest BCUT2D eigenvalue weighted by atomic mass is 10.0. The lowest BCUT2D eigenvalue weighted by molar-refractivity contribution is -0.114. The smallest absolute Gasteiger partial charge is 0.140 e. The molecule has 2 aromatic heterocycles. The molecule has 4 nitrogen and oxygen atoms in total. The minimum atomic E-state index is 0.0493. The molecule has 0 fully saturated rings. The molecule has 3 aromatic rings. The predicted octanol–water partition coefficient (Wildman–Crippen LogP) is 5.04. The van der Waals surface area contributed by atoms with Crippen molar-refractivity contribution in [2.45, 2.75) is 11.9 Å². The van der Waals surface area contributed by atoms with E-state index in [0.717, 1.165) is 27.4 Å². The van der Waals surface area contributed by atoms with Gasteiger partial charge >= 0.3 is 0 Å². The Bertz CT molecular complexity index is 959. The Balaban J connectivity index is 2.16. The fraction of sp³-hybridized carbons (Fsp3) is 0.150. The van der Waals surface area contributed by atoms with Gasteiger partial charge in [0.1, 0.15) is 22.6 Å². The van der Waals surface area contributed by atoms with Crippen LogP contribution in [0.15, 0.2) is 52.9 Å². The molecule has 0 spiro atoms. The Labute approximate surface area is 160 Å². The highest BCUT2D eigenvalue weighted by atomic mass is 32.2. The molecule has 2 heterocycles. The second kappa shape index (κ2) is 8.17. The van der Waals surface area contributed by atoms with Gasteiger partial charge in [-0.3, -0.25) is 4.79 Å². The third-order valence-corrected chi connectivity index (χ3v) is 5.70. The Morgan fingerprint density at radius 2 is 2.08 bits per heavy atom. The molecule has 0 aliphatic heterocycles. The quantitative estimate of drug-likeness (QED) is 0.561. The molecular weight excluding hydrogens is 364 g/mol. The minimum absolute atomic E-state index is 0.0493. The van der Waals surface area contributed by atoms with Crippen LogP contribution in [0.3, 0.4) is 0 Å². The summed E-state index contributed by atoms with van der Waals surface area (Å²) in [5, 5.41) is 12.3. The van der Waals surface area contributed by atoms with Crippen LogP contribution in [-0.4, -0.2) is 23.6 Å². The van der Waals surface area contributed by atoms with Crippen molar-refractivity contribution in [1.29, 1.82) is 5.26 Å². The first-order valence-corrected chi connectivity index (χ1v) is 9.74. The number of ether oxygens (including phenoxy) is 1. The van der Waals surface area contributed by atoms with Crippen LogP contribution >= 0.6 is 23.1 Å². The van der Waals surface area contributed by atoms with E-state index in [1.165, 1.54) is 18.7 Å². The van der Waals surface area contributed by atoms with Gasteiger partial charge in [0.25, 0.3) is 0 Å². The van der Waals surface area contributed by atoms with Crippen LogP contribution in [0.4, 0.5) is 0 Å². The van der Waals surface area contributed by atoms with E-state index >= 15 is 0 Å². The molecule has 0 bridgehead atoms. The maximum absolute atomic E-state index is 11.4. The number of thiophene rings is 1. The van der Waals surface area contributed by atoms with Gasteiger partial charge < -0.3 is 4.74 Å². The summed E-state index contributed by atoms with van der Waals surface area (Å²) >= 11 is 2.90. The second-order valence-corrected chi connectivity index (χ2v) is 7.46. The molecule has 0 atom stereocenters. The summed E-state index contributed by atoms with van der Waals surface area (Å²) in [5.41, 5.74) is 3.00. The third kappa shape index (κ3) is 3.96. The van der Waals surface area contributed by atoms with Gasteiger partial charge in [-0.1, -0.05) is 30.0 Å². The molecule has 0 saturated heterocycles. The van der Waals surface area contributed by atoms with E-state index in [-0.39, 0.29) is 11.5 Å². The first kappa shape index (κ1) is 18.2. The summed E-state index contributed by atoms with van der Waals surface area (Å²) in [6.07, 6.45) is 0. The zero-order chi connectivity index (χ0) is 18.5. The second-order valence-electron chi connectivity index (χ2n) is 5.54. The van der Waals surface area contributed by atoms with Crippen molar-refractivity contribution < 1.29 is 9.53 Å². The van der Waals surface area contributed by atoms with Crippen LogP contribution in [0.5, 0.6) is 5.75 Å². The highest BCUT2D eigenvalue weighted by Gasteiger charge is 2.16. The Kier molecular flexibility index (Phi) is 5.71. The summed E-state index contributed by atoms with van der Waals surface area (Å²) in [4.78, 5) is 17.1. The van der Waals surface area contributed by atoms with Crippen molar-refractivity contribution in [3.8, 4) is 33.5 Å². The number of aromatic nitrogens is 1. The summed E-state index contributed by atoms with van der Waals surface area (Å²) in [7, 11) is 1.62. The average Bonchev–Trinajstić information content (AvgIpc) is 3.20. The van der Waals surface area contributed by atoms with Crippen LogP contribution in [0.25, 0.3) is 21.7 Å². The number of rotatable bonds is 6. The molecule has 0 N–H and O–H groups in total. The van der Waals surface area contributed by atoms with Crippen LogP contribution in [-0.2, 0) is 4.79 Å². The van der Waals surface area contributed by atoms with Gasteiger partial charge in [-0.25, -0.2) is 4.98 Å². The van der Waals surface area contributed by atoms with Crippen LogP contribution in [0.2, 0.25) is 0 Å². The number of carbonyl (C=O) groups is 1. The Morgan fingerprint density at radius 1 is 1.31 bits per heavy atom. The molecule has 0 saturated carbocycles. The molecule has 0 aliphatic carbocycles. The highest BCUT2D eigenvalue weighted by molar-refractivity contribution is 8.00. The molecule has 3 rings (SSSR count). The molecular formula is C20H16N2O2S2. The van der Waals surface area contributed by atoms with Crippen molar-refractivity contribution in [1.82, 2.24) is 4.98 Å². The number of nitriles is 1. The zero-order valence-corrected chi connectivity index (χ0v) is 16.0. The van der Waals surface area contributed by atoms with Gasteiger partial charge in [0.05, 0.1) is 29.0 Å². The SMILES string of the molecule is COc1ccc(-c2cc(-c3cccs3)nc(SCC(C)=O)c2C#N)cc1. The average molecular weight is 380 g/mol. The summed E-state index contributed by atoms with van der Waals surface area (Å²) in [5.74, 6) is 1.09. The lowest BCUT2D eigenvalue weighted by Crippen LogP contribution is -1.99. The third-order valence-electron chi connectivity index (χ3n) is 3.68. The Hall–Kier alpha value is -2.62. The van der Waals surface area contributed by atoms with E-state index in [0.29, 0.717) is 10.6 Å². The number of benzene rings is 1. The number of hydrogen-bond acceptors (Lipinski definition) is 6. The number of ketones is 1. The molecule has 0 unspecified atom stereocenters. The minimum Gasteiger partial charge on any atom is -0.497 e. The number of methoxy groups -OCH3 is 1. The molecule has 26 heavy (non-hydrogen) atoms. The maximum Gasteiger partial charge on any atom is 0.140 e. The van der Waals surface area contributed by atoms with Crippen molar-refractivity contribution in [2.75, 3.05) is 12.9 Å². The standard InChI is InChI=1S/C20H16N2O2S2/c1-13(23)12-26-20-17(11-21)16(14-5-7-15(24-2)8-6-14)10-18(22-20)19-4-3-9-25-19/h3-10H,12H2,1-2H3. The number of nitrogens with zero attached hydrogens (tertiary/aromatic N) is 2. The summed E-state index contributed by atoms with van der Waals surface area (Å²) < 4.78 is 5.22. The van der Waals surface area contributed by atoms with Crippen molar-refractivity contribution in [2.24, 2.45) is 0 Å². The van der Waals surface area contributed by atoms with Gasteiger partial charge in [0, 0.05) is 5.56 Å². The van der Waals surface area contributed by atoms with Gasteiger partial charge in [-0.2, -0.15) is 5.26 Å². The number of Topliss-reactive ketones (excluding diaryl/α,β-unsaturated/α-hetero) is 1. The number of pyridine rings is 1. The molecule has 0 aliphatic rings. The Morgan fingerprint density at radius 3 is 2.65 bits per heavy atom. The molecule has 0 amide bonds. The van der Waals surface area contributed by atoms with Crippen molar-refractivity contribution in [3.63, 3.8) is 0 Å². The molecule has 0 radical (unpaired) electrons. The van der Waals surface area contributed by atoms with E-state index in [1.54, 1.807) is 18.4 Å². The number of hydrogen-bond donors (Lipinski definition) is 0. The normalized spacial score (nSPS) is 10.3. The van der Waals surface area contributed by atoms with Gasteiger partial charge in [-0.15, -0.1) is 11.3 Å². The summed E-state index contributed by atoms with van der Waals surface area (Å²) in [6.45, 7) is 1.53. The molecule has 6 heteroatoms. The highest BCUT2D eigenvalue weighted by Crippen LogP contribution is 2.35. The fourth-order valence-electron chi connectivity index (χ4n) is 2.45. The fourth-order valence-corrected chi connectivity index (χ4v) is 3.94. The van der Waals surface area contributed by atoms with E-state index in [4.69, 9.17) is 4.74 Å². The summed E-state index contributed by atoms with van der Waals surface area (Å²) in [6, 6.07) is 15.7. The largest absolute Gasteiger partial charge is 0.497 e. The van der Waals surface area contributed by atoms with E-state index in [2.05, 4.69) is 11.1 Å². The first-order valence-electron chi connectivity index (χ1n) is 7.88. The monoisotopic (exact) mass is 380 g/mol. The van der Waals surface area contributed by atoms with Gasteiger partial charge in [0.15, 0.2) is 0 Å². The van der Waals surface area contributed by atoms with Gasteiger partial charge in [0.2, 0.25) is 0 Å². The van der Waals surface area contributed by atoms with Gasteiger partial charge in [-0.05, 0) is 42.1 Å². The van der Waals surface area contributed by atoms with Crippen LogP contribution in [0.1, 0.15) is 12.5 Å². The van der Waals surface area contributed by atoms with E-state index < -0.39 is 0 Å². The first-order chi connectivity index (χ1) is 12.6. The maximum atomic E-state index is 11.4. The molecule has 130 valence electrons. The number of thioether (sulfide) groups is 1. The topological polar surface area (TPSA) is 63.0 Å². The number of carbonyl (C=O) groups excluding carboxylic acids is 1. The van der Waals surface area contributed by atoms with Crippen molar-refractivity contribution >= 4 is 28.9 Å². The molecule has 1 aromatic carbocycles.